The van der Waals surface area contributed by atoms with E-state index in [2.05, 4.69) is 5.32 Å². The van der Waals surface area contributed by atoms with Crippen LogP contribution in [0.15, 0.2) is 29.2 Å². The minimum absolute atomic E-state index is 0.00564. The summed E-state index contributed by atoms with van der Waals surface area (Å²) in [6, 6.07) is 5.74. The SMILES string of the molecule is CC(CCC(=O)O)NC(=O)CSc1ccc([N+](=O)[O-])cc1. The number of aliphatic carboxylic acids is 1. The number of thioether (sulfide) groups is 1. The number of nitrogens with one attached hydrogen (secondary N) is 1. The van der Waals surface area contributed by atoms with Gasteiger partial charge in [0.1, 0.15) is 0 Å². The van der Waals surface area contributed by atoms with E-state index in [1.807, 2.05) is 0 Å². The van der Waals surface area contributed by atoms with Crippen molar-refractivity contribution in [2.24, 2.45) is 0 Å². The maximum absolute atomic E-state index is 11.7. The molecule has 2 N–H and O–H groups in total. The Labute approximate surface area is 125 Å². The van der Waals surface area contributed by atoms with E-state index in [4.69, 9.17) is 5.11 Å². The first-order valence-corrected chi connectivity index (χ1v) is 7.25. The third-order valence-corrected chi connectivity index (χ3v) is 3.63. The molecule has 0 aliphatic carbocycles. The minimum atomic E-state index is -0.892. The smallest absolute Gasteiger partial charge is 0.303 e. The highest BCUT2D eigenvalue weighted by Gasteiger charge is 2.10. The normalized spacial score (nSPS) is 11.7. The third-order valence-electron chi connectivity index (χ3n) is 2.62. The molecule has 1 amide bonds. The van der Waals surface area contributed by atoms with Gasteiger partial charge < -0.3 is 10.4 Å². The number of carboxylic acid groups (broad SMARTS) is 1. The Morgan fingerprint density at radius 1 is 1.38 bits per heavy atom. The van der Waals surface area contributed by atoms with E-state index in [1.54, 1.807) is 19.1 Å². The first-order valence-electron chi connectivity index (χ1n) is 6.27. The number of nitro groups is 1. The fourth-order valence-electron chi connectivity index (χ4n) is 1.54. The second-order valence-electron chi connectivity index (χ2n) is 4.44. The van der Waals surface area contributed by atoms with E-state index in [0.29, 0.717) is 6.42 Å². The highest BCUT2D eigenvalue weighted by atomic mass is 32.2. The van der Waals surface area contributed by atoms with Gasteiger partial charge in [0.05, 0.1) is 10.7 Å². The molecule has 0 saturated carbocycles. The van der Waals surface area contributed by atoms with Gasteiger partial charge in [0.2, 0.25) is 5.91 Å². The van der Waals surface area contributed by atoms with Crippen molar-refractivity contribution < 1.29 is 19.6 Å². The lowest BCUT2D eigenvalue weighted by molar-refractivity contribution is -0.384. The van der Waals surface area contributed by atoms with Crippen LogP contribution in [0.2, 0.25) is 0 Å². The maximum Gasteiger partial charge on any atom is 0.303 e. The Kier molecular flexibility index (Phi) is 6.67. The topological polar surface area (TPSA) is 110 Å². The largest absolute Gasteiger partial charge is 0.481 e. The molecule has 0 bridgehead atoms. The molecule has 21 heavy (non-hydrogen) atoms. The monoisotopic (exact) mass is 312 g/mol. The molecule has 8 heteroatoms. The van der Waals surface area contributed by atoms with Crippen molar-refractivity contribution in [2.45, 2.75) is 30.7 Å². The molecule has 0 spiro atoms. The molecule has 0 aliphatic rings. The molecule has 0 fully saturated rings. The molecule has 1 unspecified atom stereocenters. The third kappa shape index (κ3) is 6.75. The first-order chi connectivity index (χ1) is 9.88. The van der Waals surface area contributed by atoms with E-state index in [1.165, 1.54) is 23.9 Å². The van der Waals surface area contributed by atoms with Crippen LogP contribution in [0.1, 0.15) is 19.8 Å². The van der Waals surface area contributed by atoms with Gasteiger partial charge in [-0.1, -0.05) is 0 Å². The predicted molar refractivity (Wildman–Crippen MR) is 78.3 cm³/mol. The van der Waals surface area contributed by atoms with E-state index in [0.717, 1.165) is 4.90 Å². The van der Waals surface area contributed by atoms with Gasteiger partial charge in [-0.25, -0.2) is 0 Å². The van der Waals surface area contributed by atoms with Crippen LogP contribution < -0.4 is 5.32 Å². The summed E-state index contributed by atoms with van der Waals surface area (Å²) in [6.07, 6.45) is 0.389. The molecule has 0 saturated heterocycles. The summed E-state index contributed by atoms with van der Waals surface area (Å²) in [4.78, 5) is 32.8. The number of nitrogens with zero attached hydrogens (tertiary/aromatic N) is 1. The van der Waals surface area contributed by atoms with Gasteiger partial charge in [0.15, 0.2) is 0 Å². The van der Waals surface area contributed by atoms with Crippen LogP contribution in [0.3, 0.4) is 0 Å². The lowest BCUT2D eigenvalue weighted by Gasteiger charge is -2.12. The number of non-ortho nitro benzene ring substituents is 1. The Bertz CT molecular complexity index is 518. The van der Waals surface area contributed by atoms with Gasteiger partial charge in [-0.05, 0) is 25.5 Å². The number of rotatable bonds is 8. The van der Waals surface area contributed by atoms with Gasteiger partial charge in [-0.15, -0.1) is 11.8 Å². The Morgan fingerprint density at radius 2 is 2.00 bits per heavy atom. The molecule has 7 nitrogen and oxygen atoms in total. The molecule has 1 atom stereocenters. The van der Waals surface area contributed by atoms with Crippen LogP contribution in [0.4, 0.5) is 5.69 Å². The summed E-state index contributed by atoms with van der Waals surface area (Å²) in [7, 11) is 0. The number of hydrogen-bond donors (Lipinski definition) is 2. The number of benzene rings is 1. The van der Waals surface area contributed by atoms with Crippen LogP contribution in [-0.4, -0.2) is 33.7 Å². The second kappa shape index (κ2) is 8.25. The van der Waals surface area contributed by atoms with Crippen molar-refractivity contribution in [3.8, 4) is 0 Å². The van der Waals surface area contributed by atoms with E-state index in [9.17, 15) is 19.7 Å². The highest BCUT2D eigenvalue weighted by molar-refractivity contribution is 8.00. The van der Waals surface area contributed by atoms with Crippen LogP contribution in [0.25, 0.3) is 0 Å². The van der Waals surface area contributed by atoms with Gasteiger partial charge >= 0.3 is 5.97 Å². The number of hydrogen-bond acceptors (Lipinski definition) is 5. The van der Waals surface area contributed by atoms with E-state index < -0.39 is 10.9 Å². The van der Waals surface area contributed by atoms with Crippen molar-refractivity contribution >= 4 is 29.3 Å². The van der Waals surface area contributed by atoms with Crippen LogP contribution >= 0.6 is 11.8 Å². The predicted octanol–water partition coefficient (Wildman–Crippen LogP) is 2.06. The molecule has 114 valence electrons. The highest BCUT2D eigenvalue weighted by Crippen LogP contribution is 2.21. The quantitative estimate of drug-likeness (QED) is 0.432. The Hall–Kier alpha value is -2.09. The molecular formula is C13H16N2O5S. The fraction of sp³-hybridized carbons (Fsp3) is 0.385. The zero-order valence-corrected chi connectivity index (χ0v) is 12.3. The molecule has 1 aromatic carbocycles. The van der Waals surface area contributed by atoms with Gasteiger partial charge in [-0.3, -0.25) is 19.7 Å². The second-order valence-corrected chi connectivity index (χ2v) is 5.49. The van der Waals surface area contributed by atoms with Crippen LogP contribution in [-0.2, 0) is 9.59 Å². The zero-order chi connectivity index (χ0) is 15.8. The number of carboxylic acids is 1. The average Bonchev–Trinajstić information content (AvgIpc) is 2.43. The number of nitro benzene ring substituents is 1. The van der Waals surface area contributed by atoms with E-state index >= 15 is 0 Å². The molecule has 1 rings (SSSR count). The molecule has 0 aromatic heterocycles. The fourth-order valence-corrected chi connectivity index (χ4v) is 2.25. The van der Waals surface area contributed by atoms with Gasteiger partial charge in [-0.2, -0.15) is 0 Å². The van der Waals surface area contributed by atoms with E-state index in [-0.39, 0.29) is 29.8 Å². The lowest BCUT2D eigenvalue weighted by Crippen LogP contribution is -2.34. The Balaban J connectivity index is 2.35. The first kappa shape index (κ1) is 17.0. The molecular weight excluding hydrogens is 296 g/mol. The lowest BCUT2D eigenvalue weighted by atomic mass is 10.2. The standard InChI is InChI=1S/C13H16N2O5S/c1-9(2-7-13(17)18)14-12(16)8-21-11-5-3-10(4-6-11)15(19)20/h3-6,9H,2,7-8H2,1H3,(H,14,16)(H,17,18). The van der Waals surface area contributed by atoms with Crippen molar-refractivity contribution in [2.75, 3.05) is 5.75 Å². The molecule has 0 heterocycles. The summed E-state index contributed by atoms with van der Waals surface area (Å²) in [5.74, 6) is -0.914. The number of carbonyl (C=O) groups excluding carboxylic acids is 1. The molecule has 0 aliphatic heterocycles. The van der Waals surface area contributed by atoms with Gasteiger partial charge in [0, 0.05) is 29.5 Å². The summed E-state index contributed by atoms with van der Waals surface area (Å²) >= 11 is 1.26. The van der Waals surface area contributed by atoms with Crippen molar-refractivity contribution in [3.63, 3.8) is 0 Å². The van der Waals surface area contributed by atoms with Crippen molar-refractivity contribution in [1.82, 2.24) is 5.32 Å². The number of amides is 1. The summed E-state index contributed by atoms with van der Waals surface area (Å²) in [5.41, 5.74) is 0.00564. The van der Waals surface area contributed by atoms with Gasteiger partial charge in [0.25, 0.3) is 5.69 Å². The number of carbonyl (C=O) groups is 2. The summed E-state index contributed by atoms with van der Waals surface area (Å²) in [6.45, 7) is 1.75. The van der Waals surface area contributed by atoms with Crippen LogP contribution in [0, 0.1) is 10.1 Å². The van der Waals surface area contributed by atoms with Crippen LogP contribution in [0.5, 0.6) is 0 Å². The molecule has 0 radical (unpaired) electrons. The summed E-state index contributed by atoms with van der Waals surface area (Å²) in [5, 5.41) is 21.8. The Morgan fingerprint density at radius 3 is 2.52 bits per heavy atom. The molecule has 1 aromatic rings. The minimum Gasteiger partial charge on any atom is -0.481 e. The average molecular weight is 312 g/mol. The maximum atomic E-state index is 11.7. The zero-order valence-electron chi connectivity index (χ0n) is 11.4. The summed E-state index contributed by atoms with van der Waals surface area (Å²) < 4.78 is 0. The van der Waals surface area contributed by atoms with Crippen molar-refractivity contribution in [1.29, 1.82) is 0 Å². The van der Waals surface area contributed by atoms with Crippen molar-refractivity contribution in [3.05, 3.63) is 34.4 Å².